The van der Waals surface area contributed by atoms with Gasteiger partial charge in [0.1, 0.15) is 0 Å². The third kappa shape index (κ3) is 2.01. The summed E-state index contributed by atoms with van der Waals surface area (Å²) < 4.78 is 9.41. The van der Waals surface area contributed by atoms with Gasteiger partial charge in [-0.2, -0.15) is 5.10 Å². The Balaban J connectivity index is 1.77. The molecule has 0 bridgehead atoms. The minimum Gasteiger partial charge on any atom is -0.375 e. The Kier molecular flexibility index (Phi) is 2.96. The normalized spacial score (nSPS) is 28.7. The summed E-state index contributed by atoms with van der Waals surface area (Å²) in [6, 6.07) is 0.551. The van der Waals surface area contributed by atoms with Crippen LogP contribution in [-0.2, 0) is 4.74 Å². The van der Waals surface area contributed by atoms with E-state index in [0.717, 1.165) is 19.4 Å². The molecular formula is C12H17IN2O. The quantitative estimate of drug-likeness (QED) is 0.739. The third-order valence-corrected chi connectivity index (χ3v) is 4.48. The highest BCUT2D eigenvalue weighted by molar-refractivity contribution is 14.1. The molecule has 16 heavy (non-hydrogen) atoms. The molecule has 1 saturated carbocycles. The molecule has 1 unspecified atom stereocenters. The van der Waals surface area contributed by atoms with Crippen LogP contribution in [-0.4, -0.2) is 22.0 Å². The molecule has 3 rings (SSSR count). The summed E-state index contributed by atoms with van der Waals surface area (Å²) in [6.07, 6.45) is 11.5. The smallest absolute Gasteiger partial charge is 0.0703 e. The van der Waals surface area contributed by atoms with Gasteiger partial charge in [0.2, 0.25) is 0 Å². The largest absolute Gasteiger partial charge is 0.375 e. The van der Waals surface area contributed by atoms with Crippen LogP contribution in [0.1, 0.15) is 44.6 Å². The molecule has 4 heteroatoms. The average Bonchev–Trinajstić information content (AvgIpc) is 2.89. The number of hydrogen-bond donors (Lipinski definition) is 0. The van der Waals surface area contributed by atoms with E-state index < -0.39 is 0 Å². The van der Waals surface area contributed by atoms with Crippen LogP contribution >= 0.6 is 22.6 Å². The van der Waals surface area contributed by atoms with Crippen molar-refractivity contribution < 1.29 is 4.74 Å². The lowest BCUT2D eigenvalue weighted by Crippen LogP contribution is -2.38. The number of aromatic nitrogens is 2. The number of halogens is 1. The topological polar surface area (TPSA) is 27.1 Å². The van der Waals surface area contributed by atoms with Gasteiger partial charge < -0.3 is 4.74 Å². The van der Waals surface area contributed by atoms with Gasteiger partial charge in [-0.25, -0.2) is 0 Å². The Morgan fingerprint density at radius 2 is 2.25 bits per heavy atom. The summed E-state index contributed by atoms with van der Waals surface area (Å²) in [5.74, 6) is 0. The summed E-state index contributed by atoms with van der Waals surface area (Å²) in [6.45, 7) is 0.904. The second-order valence-corrected chi connectivity index (χ2v) is 6.27. The lowest BCUT2D eigenvalue weighted by molar-refractivity contribution is -0.0910. The van der Waals surface area contributed by atoms with Crippen molar-refractivity contribution in [3.8, 4) is 0 Å². The van der Waals surface area contributed by atoms with E-state index in [0.29, 0.717) is 6.04 Å². The summed E-state index contributed by atoms with van der Waals surface area (Å²) in [4.78, 5) is 0. The van der Waals surface area contributed by atoms with Crippen molar-refractivity contribution >= 4 is 22.6 Å². The molecule has 1 aromatic rings. The molecule has 2 aliphatic rings. The fourth-order valence-electron chi connectivity index (χ4n) is 3.11. The zero-order valence-electron chi connectivity index (χ0n) is 9.36. The predicted octanol–water partition coefficient (Wildman–Crippen LogP) is 3.15. The summed E-state index contributed by atoms with van der Waals surface area (Å²) in [7, 11) is 0. The van der Waals surface area contributed by atoms with Gasteiger partial charge in [-0.3, -0.25) is 4.68 Å². The van der Waals surface area contributed by atoms with Crippen molar-refractivity contribution in [3.05, 3.63) is 16.0 Å². The van der Waals surface area contributed by atoms with E-state index in [-0.39, 0.29) is 5.60 Å². The maximum atomic E-state index is 6.04. The Labute approximate surface area is 110 Å². The molecule has 88 valence electrons. The van der Waals surface area contributed by atoms with Crippen LogP contribution in [0.2, 0.25) is 0 Å². The summed E-state index contributed by atoms with van der Waals surface area (Å²) in [5.41, 5.74) is 0.195. The fourth-order valence-corrected chi connectivity index (χ4v) is 3.52. The monoisotopic (exact) mass is 332 g/mol. The van der Waals surface area contributed by atoms with Crippen LogP contribution < -0.4 is 0 Å². The van der Waals surface area contributed by atoms with Crippen LogP contribution in [0, 0.1) is 3.57 Å². The number of nitrogens with zero attached hydrogens (tertiary/aromatic N) is 2. The maximum Gasteiger partial charge on any atom is 0.0703 e. The standard InChI is InChI=1S/C12H17IN2O/c13-10-8-14-15(9-10)11-3-6-16-12(7-11)4-1-2-5-12/h8-9,11H,1-7H2. The zero-order chi connectivity index (χ0) is 11.0. The second kappa shape index (κ2) is 4.29. The first-order valence-electron chi connectivity index (χ1n) is 6.11. The van der Waals surface area contributed by atoms with Crippen molar-refractivity contribution in [2.45, 2.75) is 50.2 Å². The van der Waals surface area contributed by atoms with Crippen molar-refractivity contribution in [2.75, 3.05) is 6.61 Å². The highest BCUT2D eigenvalue weighted by Crippen LogP contribution is 2.43. The fraction of sp³-hybridized carbons (Fsp3) is 0.750. The van der Waals surface area contributed by atoms with Gasteiger partial charge in [0.05, 0.1) is 21.4 Å². The van der Waals surface area contributed by atoms with Gasteiger partial charge in [0.25, 0.3) is 0 Å². The van der Waals surface area contributed by atoms with E-state index >= 15 is 0 Å². The molecule has 2 heterocycles. The van der Waals surface area contributed by atoms with E-state index in [4.69, 9.17) is 4.74 Å². The van der Waals surface area contributed by atoms with Crippen molar-refractivity contribution in [1.82, 2.24) is 9.78 Å². The number of rotatable bonds is 1. The lowest BCUT2D eigenvalue weighted by atomic mass is 9.89. The highest BCUT2D eigenvalue weighted by atomic mass is 127. The van der Waals surface area contributed by atoms with Crippen LogP contribution in [0.15, 0.2) is 12.4 Å². The predicted molar refractivity (Wildman–Crippen MR) is 70.4 cm³/mol. The number of hydrogen-bond acceptors (Lipinski definition) is 2. The Bertz CT molecular complexity index is 371. The molecule has 1 aromatic heterocycles. The molecular weight excluding hydrogens is 315 g/mol. The lowest BCUT2D eigenvalue weighted by Gasteiger charge is -2.38. The van der Waals surface area contributed by atoms with Crippen LogP contribution in [0.25, 0.3) is 0 Å². The molecule has 0 radical (unpaired) electrons. The van der Waals surface area contributed by atoms with Gasteiger partial charge in [-0.15, -0.1) is 0 Å². The molecule has 0 aromatic carbocycles. The summed E-state index contributed by atoms with van der Waals surface area (Å²) in [5, 5.41) is 4.45. The van der Waals surface area contributed by atoms with E-state index in [9.17, 15) is 0 Å². The van der Waals surface area contributed by atoms with Crippen LogP contribution in [0.3, 0.4) is 0 Å². The minimum absolute atomic E-state index is 0.195. The van der Waals surface area contributed by atoms with Gasteiger partial charge in [-0.05, 0) is 48.3 Å². The molecule has 1 aliphatic heterocycles. The first kappa shape index (κ1) is 11.0. The van der Waals surface area contributed by atoms with Gasteiger partial charge in [0.15, 0.2) is 0 Å². The molecule has 1 saturated heterocycles. The summed E-state index contributed by atoms with van der Waals surface area (Å²) >= 11 is 2.32. The number of ether oxygens (including phenoxy) is 1. The Morgan fingerprint density at radius 1 is 1.44 bits per heavy atom. The van der Waals surface area contributed by atoms with E-state index in [1.165, 1.54) is 29.3 Å². The van der Waals surface area contributed by atoms with Gasteiger partial charge in [-0.1, -0.05) is 12.8 Å². The van der Waals surface area contributed by atoms with Crippen molar-refractivity contribution in [2.24, 2.45) is 0 Å². The first-order valence-corrected chi connectivity index (χ1v) is 7.19. The highest BCUT2D eigenvalue weighted by Gasteiger charge is 2.40. The molecule has 1 atom stereocenters. The molecule has 2 fully saturated rings. The van der Waals surface area contributed by atoms with Crippen LogP contribution in [0.4, 0.5) is 0 Å². The van der Waals surface area contributed by atoms with E-state index in [1.807, 2.05) is 6.20 Å². The Hall–Kier alpha value is -0.100. The molecule has 1 spiro atoms. The molecule has 1 aliphatic carbocycles. The van der Waals surface area contributed by atoms with Gasteiger partial charge >= 0.3 is 0 Å². The third-order valence-electron chi connectivity index (χ3n) is 3.93. The van der Waals surface area contributed by atoms with Gasteiger partial charge in [0, 0.05) is 12.8 Å². The first-order chi connectivity index (χ1) is 7.77. The molecule has 0 amide bonds. The molecule has 0 N–H and O–H groups in total. The van der Waals surface area contributed by atoms with Crippen LogP contribution in [0.5, 0.6) is 0 Å². The second-order valence-electron chi connectivity index (χ2n) is 5.02. The molecule has 3 nitrogen and oxygen atoms in total. The minimum atomic E-state index is 0.195. The van der Waals surface area contributed by atoms with E-state index in [2.05, 4.69) is 38.6 Å². The average molecular weight is 332 g/mol. The zero-order valence-corrected chi connectivity index (χ0v) is 11.5. The van der Waals surface area contributed by atoms with Crippen molar-refractivity contribution in [3.63, 3.8) is 0 Å². The van der Waals surface area contributed by atoms with Crippen molar-refractivity contribution in [1.29, 1.82) is 0 Å². The Morgan fingerprint density at radius 3 is 2.94 bits per heavy atom. The maximum absolute atomic E-state index is 6.04. The van der Waals surface area contributed by atoms with E-state index in [1.54, 1.807) is 0 Å². The SMILES string of the molecule is Ic1cnn(C2CCOC3(CCCC3)C2)c1.